The van der Waals surface area contributed by atoms with Crippen LogP contribution in [-0.2, 0) is 0 Å². The van der Waals surface area contributed by atoms with Gasteiger partial charge < -0.3 is 15.4 Å². The summed E-state index contributed by atoms with van der Waals surface area (Å²) < 4.78 is 5.45. The Morgan fingerprint density at radius 3 is 2.84 bits per heavy atom. The molecule has 2 N–H and O–H groups in total. The fourth-order valence-electron chi connectivity index (χ4n) is 2.51. The molecule has 1 heterocycles. The minimum Gasteiger partial charge on any atom is -0.490 e. The molecular weight excluding hydrogens is 260 g/mol. The first kappa shape index (κ1) is 14.2. The van der Waals surface area contributed by atoms with Gasteiger partial charge in [-0.25, -0.2) is 9.97 Å². The molecule has 0 aromatic carbocycles. The summed E-state index contributed by atoms with van der Waals surface area (Å²) in [5.74, 6) is 2.25. The third kappa shape index (κ3) is 3.23. The summed E-state index contributed by atoms with van der Waals surface area (Å²) in [7, 11) is 1.66. The monoisotopic (exact) mass is 282 g/mol. The van der Waals surface area contributed by atoms with Gasteiger partial charge >= 0.3 is 0 Å². The molecule has 0 spiro atoms. The molecule has 1 aromatic heterocycles. The number of hydrogen-bond donors (Lipinski definition) is 2. The number of hydrogen-bond acceptors (Lipinski definition) is 6. The van der Waals surface area contributed by atoms with Crippen LogP contribution >= 0.6 is 11.8 Å². The zero-order valence-corrected chi connectivity index (χ0v) is 12.6. The van der Waals surface area contributed by atoms with Crippen molar-refractivity contribution >= 4 is 23.4 Å². The molecule has 6 heteroatoms. The lowest BCUT2D eigenvalue weighted by atomic mass is 10.2. The van der Waals surface area contributed by atoms with Crippen molar-refractivity contribution in [3.63, 3.8) is 0 Å². The van der Waals surface area contributed by atoms with E-state index < -0.39 is 0 Å². The number of rotatable bonds is 6. The number of aromatic nitrogens is 2. The van der Waals surface area contributed by atoms with Crippen molar-refractivity contribution < 1.29 is 4.74 Å². The van der Waals surface area contributed by atoms with Crippen LogP contribution in [0.5, 0.6) is 5.75 Å². The summed E-state index contributed by atoms with van der Waals surface area (Å²) in [5, 5.41) is 7.37. The fraction of sp³-hybridized carbons (Fsp3) is 0.692. The highest BCUT2D eigenvalue weighted by Crippen LogP contribution is 2.34. The van der Waals surface area contributed by atoms with Crippen LogP contribution in [0.4, 0.5) is 11.6 Å². The number of methoxy groups -OCH3 is 1. The van der Waals surface area contributed by atoms with Crippen LogP contribution in [0.2, 0.25) is 0 Å². The number of anilines is 2. The van der Waals surface area contributed by atoms with Crippen LogP contribution in [0.1, 0.15) is 26.2 Å². The van der Waals surface area contributed by atoms with Crippen LogP contribution in [-0.4, -0.2) is 41.2 Å². The minimum absolute atomic E-state index is 0.466. The molecule has 1 fully saturated rings. The van der Waals surface area contributed by atoms with Crippen molar-refractivity contribution in [2.75, 3.05) is 30.5 Å². The first-order valence-corrected chi connectivity index (χ1v) is 8.01. The second-order valence-electron chi connectivity index (χ2n) is 4.59. The molecule has 2 atom stereocenters. The molecule has 0 saturated heterocycles. The summed E-state index contributed by atoms with van der Waals surface area (Å²) in [6.07, 6.45) is 7.48. The van der Waals surface area contributed by atoms with Crippen LogP contribution in [0, 0.1) is 0 Å². The normalized spacial score (nSPS) is 22.3. The van der Waals surface area contributed by atoms with E-state index in [0.29, 0.717) is 17.0 Å². The quantitative estimate of drug-likeness (QED) is 0.836. The maximum atomic E-state index is 5.45. The lowest BCUT2D eigenvalue weighted by molar-refractivity contribution is 0.414. The highest BCUT2D eigenvalue weighted by molar-refractivity contribution is 7.99. The second kappa shape index (κ2) is 6.84. The van der Waals surface area contributed by atoms with Gasteiger partial charge in [0.05, 0.1) is 7.11 Å². The molecule has 1 aliphatic rings. The van der Waals surface area contributed by atoms with Gasteiger partial charge in [-0.2, -0.15) is 11.8 Å². The Morgan fingerprint density at radius 2 is 2.16 bits per heavy atom. The van der Waals surface area contributed by atoms with Crippen molar-refractivity contribution in [1.82, 2.24) is 9.97 Å². The van der Waals surface area contributed by atoms with E-state index in [9.17, 15) is 0 Å². The third-order valence-electron chi connectivity index (χ3n) is 3.43. The van der Waals surface area contributed by atoms with Gasteiger partial charge in [0.15, 0.2) is 11.6 Å². The van der Waals surface area contributed by atoms with Gasteiger partial charge in [-0.15, -0.1) is 0 Å². The number of thioether (sulfide) groups is 1. The molecule has 1 aliphatic carbocycles. The molecule has 1 aromatic rings. The molecule has 0 radical (unpaired) electrons. The standard InChI is InChI=1S/C13H22N4OS/c1-4-14-12-11(18-2)13(16-8-15-12)17-9-6-5-7-10(9)19-3/h8-10H,4-7H2,1-3H3,(H2,14,15,16,17). The Kier molecular flexibility index (Phi) is 5.13. The largest absolute Gasteiger partial charge is 0.490 e. The summed E-state index contributed by atoms with van der Waals surface area (Å²) >= 11 is 1.93. The molecule has 1 saturated carbocycles. The highest BCUT2D eigenvalue weighted by Gasteiger charge is 2.27. The summed E-state index contributed by atoms with van der Waals surface area (Å²) in [6, 6.07) is 0.466. The molecule has 5 nitrogen and oxygen atoms in total. The maximum absolute atomic E-state index is 5.45. The van der Waals surface area contributed by atoms with E-state index >= 15 is 0 Å². The minimum atomic E-state index is 0.466. The van der Waals surface area contributed by atoms with Gasteiger partial charge in [0, 0.05) is 17.8 Å². The number of nitrogens with one attached hydrogen (secondary N) is 2. The van der Waals surface area contributed by atoms with Crippen molar-refractivity contribution in [1.29, 1.82) is 0 Å². The first-order chi connectivity index (χ1) is 9.30. The Morgan fingerprint density at radius 1 is 1.37 bits per heavy atom. The van der Waals surface area contributed by atoms with Crippen molar-refractivity contribution in [2.24, 2.45) is 0 Å². The molecule has 0 bridgehead atoms. The first-order valence-electron chi connectivity index (χ1n) is 6.72. The van der Waals surface area contributed by atoms with E-state index in [2.05, 4.69) is 26.9 Å². The summed E-state index contributed by atoms with van der Waals surface area (Å²) in [5.41, 5.74) is 0. The van der Waals surface area contributed by atoms with Crippen molar-refractivity contribution in [2.45, 2.75) is 37.5 Å². The van der Waals surface area contributed by atoms with E-state index in [0.717, 1.165) is 18.2 Å². The van der Waals surface area contributed by atoms with E-state index in [1.165, 1.54) is 19.3 Å². The van der Waals surface area contributed by atoms with Crippen molar-refractivity contribution in [3.05, 3.63) is 6.33 Å². The fourth-order valence-corrected chi connectivity index (χ4v) is 3.45. The van der Waals surface area contributed by atoms with E-state index in [1.807, 2.05) is 18.7 Å². The van der Waals surface area contributed by atoms with Crippen LogP contribution < -0.4 is 15.4 Å². The van der Waals surface area contributed by atoms with Crippen LogP contribution in [0.25, 0.3) is 0 Å². The van der Waals surface area contributed by atoms with Gasteiger partial charge in [-0.3, -0.25) is 0 Å². The molecular formula is C13H22N4OS. The van der Waals surface area contributed by atoms with Gasteiger partial charge in [-0.1, -0.05) is 6.42 Å². The zero-order valence-electron chi connectivity index (χ0n) is 11.8. The van der Waals surface area contributed by atoms with Gasteiger partial charge in [0.2, 0.25) is 5.75 Å². The average Bonchev–Trinajstić information content (AvgIpc) is 2.87. The number of ether oxygens (including phenoxy) is 1. The molecule has 0 amide bonds. The van der Waals surface area contributed by atoms with E-state index in [1.54, 1.807) is 13.4 Å². The predicted octanol–water partition coefficient (Wildman–Crippen LogP) is 2.61. The van der Waals surface area contributed by atoms with E-state index in [-0.39, 0.29) is 0 Å². The highest BCUT2D eigenvalue weighted by atomic mass is 32.2. The molecule has 0 aliphatic heterocycles. The van der Waals surface area contributed by atoms with E-state index in [4.69, 9.17) is 4.74 Å². The Bertz CT molecular complexity index is 416. The maximum Gasteiger partial charge on any atom is 0.204 e. The van der Waals surface area contributed by atoms with Crippen LogP contribution in [0.3, 0.4) is 0 Å². The molecule has 106 valence electrons. The topological polar surface area (TPSA) is 59.1 Å². The lowest BCUT2D eigenvalue weighted by Crippen LogP contribution is -2.26. The Balaban J connectivity index is 2.17. The zero-order chi connectivity index (χ0) is 13.7. The number of nitrogens with zero attached hydrogens (tertiary/aromatic N) is 2. The van der Waals surface area contributed by atoms with Crippen LogP contribution in [0.15, 0.2) is 6.33 Å². The summed E-state index contributed by atoms with van der Waals surface area (Å²) in [4.78, 5) is 8.55. The smallest absolute Gasteiger partial charge is 0.204 e. The Labute approximate surface area is 118 Å². The molecule has 19 heavy (non-hydrogen) atoms. The molecule has 2 rings (SSSR count). The average molecular weight is 282 g/mol. The van der Waals surface area contributed by atoms with Gasteiger partial charge in [-0.05, 0) is 26.0 Å². The van der Waals surface area contributed by atoms with Gasteiger partial charge in [0.25, 0.3) is 0 Å². The molecule has 2 unspecified atom stereocenters. The SMILES string of the molecule is CCNc1ncnc(NC2CCCC2SC)c1OC. The lowest BCUT2D eigenvalue weighted by Gasteiger charge is -2.21. The van der Waals surface area contributed by atoms with Crippen molar-refractivity contribution in [3.8, 4) is 5.75 Å². The third-order valence-corrected chi connectivity index (χ3v) is 4.60. The Hall–Kier alpha value is -1.17. The summed E-state index contributed by atoms with van der Waals surface area (Å²) in [6.45, 7) is 2.85. The van der Waals surface area contributed by atoms with Gasteiger partial charge in [0.1, 0.15) is 6.33 Å². The second-order valence-corrected chi connectivity index (χ2v) is 5.67. The predicted molar refractivity (Wildman–Crippen MR) is 81.3 cm³/mol.